The predicted molar refractivity (Wildman–Crippen MR) is 87.0 cm³/mol. The van der Waals surface area contributed by atoms with Gasteiger partial charge in [-0.15, -0.1) is 0 Å². The first-order chi connectivity index (χ1) is 10.1. The van der Waals surface area contributed by atoms with Crippen molar-refractivity contribution in [1.29, 1.82) is 0 Å². The molecular weight excluding hydrogens is 260 g/mol. The van der Waals surface area contributed by atoms with Gasteiger partial charge in [0.2, 0.25) is 5.91 Å². The average Bonchev–Trinajstić information content (AvgIpc) is 2.50. The van der Waals surface area contributed by atoms with E-state index in [1.165, 1.54) is 0 Å². The summed E-state index contributed by atoms with van der Waals surface area (Å²) < 4.78 is 0. The Hall–Kier alpha value is -2.13. The fraction of sp³-hybridized carbons (Fsp3) is 0.278. The number of para-hydroxylation sites is 1. The van der Waals surface area contributed by atoms with Crippen LogP contribution in [0.4, 0.5) is 5.69 Å². The summed E-state index contributed by atoms with van der Waals surface area (Å²) >= 11 is 0. The van der Waals surface area contributed by atoms with Crippen LogP contribution in [0.25, 0.3) is 0 Å². The zero-order valence-corrected chi connectivity index (χ0v) is 12.6. The van der Waals surface area contributed by atoms with Crippen LogP contribution in [0.5, 0.6) is 0 Å². The van der Waals surface area contributed by atoms with Crippen molar-refractivity contribution in [3.63, 3.8) is 0 Å². The fourth-order valence-electron chi connectivity index (χ4n) is 2.30. The number of nitrogens with two attached hydrogens (primary N) is 1. The lowest BCUT2D eigenvalue weighted by Gasteiger charge is -2.24. The molecule has 0 saturated carbocycles. The molecule has 0 aliphatic carbocycles. The van der Waals surface area contributed by atoms with Crippen LogP contribution in [0.15, 0.2) is 54.6 Å². The number of anilines is 1. The highest BCUT2D eigenvalue weighted by atomic mass is 16.2. The maximum atomic E-state index is 12.6. The molecule has 1 atom stereocenters. The minimum absolute atomic E-state index is 0.197. The van der Waals surface area contributed by atoms with Gasteiger partial charge in [-0.05, 0) is 30.5 Å². The van der Waals surface area contributed by atoms with Crippen molar-refractivity contribution in [2.75, 3.05) is 5.32 Å². The zero-order chi connectivity index (χ0) is 15.3. The van der Waals surface area contributed by atoms with E-state index in [-0.39, 0.29) is 5.91 Å². The van der Waals surface area contributed by atoms with Crippen LogP contribution in [0.1, 0.15) is 31.4 Å². The quantitative estimate of drug-likeness (QED) is 0.882. The molecule has 0 heterocycles. The molecule has 0 saturated heterocycles. The molecule has 3 nitrogen and oxygen atoms in total. The third kappa shape index (κ3) is 3.50. The second-order valence-corrected chi connectivity index (χ2v) is 5.43. The number of aryl methyl sites for hydroxylation is 1. The number of carbonyl (C=O) groups is 1. The monoisotopic (exact) mass is 282 g/mol. The number of amides is 1. The fourth-order valence-corrected chi connectivity index (χ4v) is 2.30. The van der Waals surface area contributed by atoms with Crippen LogP contribution in [0, 0.1) is 0 Å². The van der Waals surface area contributed by atoms with Gasteiger partial charge in [0.25, 0.3) is 0 Å². The van der Waals surface area contributed by atoms with E-state index >= 15 is 0 Å². The van der Waals surface area contributed by atoms with Crippen molar-refractivity contribution in [3.05, 3.63) is 65.7 Å². The van der Waals surface area contributed by atoms with Gasteiger partial charge < -0.3 is 11.1 Å². The number of rotatable bonds is 5. The molecule has 2 rings (SSSR count). The Balaban J connectivity index is 2.22. The SMILES string of the molecule is CCCc1ccccc1NC(=O)C(C)(N)c1ccccc1. The average molecular weight is 282 g/mol. The highest BCUT2D eigenvalue weighted by Crippen LogP contribution is 2.22. The van der Waals surface area contributed by atoms with Gasteiger partial charge >= 0.3 is 0 Å². The topological polar surface area (TPSA) is 55.1 Å². The highest BCUT2D eigenvalue weighted by Gasteiger charge is 2.30. The Kier molecular flexibility index (Phi) is 4.76. The van der Waals surface area contributed by atoms with E-state index in [9.17, 15) is 4.79 Å². The maximum Gasteiger partial charge on any atom is 0.248 e. The van der Waals surface area contributed by atoms with Crippen molar-refractivity contribution in [2.45, 2.75) is 32.2 Å². The molecule has 0 aliphatic rings. The summed E-state index contributed by atoms with van der Waals surface area (Å²) in [5, 5.41) is 2.97. The third-order valence-corrected chi connectivity index (χ3v) is 3.63. The Morgan fingerprint density at radius 1 is 1.10 bits per heavy atom. The van der Waals surface area contributed by atoms with E-state index in [1.807, 2.05) is 54.6 Å². The minimum Gasteiger partial charge on any atom is -0.324 e. The highest BCUT2D eigenvalue weighted by molar-refractivity contribution is 5.98. The summed E-state index contributed by atoms with van der Waals surface area (Å²) in [7, 11) is 0. The molecule has 1 amide bonds. The molecule has 0 aromatic heterocycles. The normalized spacial score (nSPS) is 13.5. The van der Waals surface area contributed by atoms with E-state index in [2.05, 4.69) is 12.2 Å². The van der Waals surface area contributed by atoms with Crippen molar-refractivity contribution >= 4 is 11.6 Å². The van der Waals surface area contributed by atoms with Gasteiger partial charge in [0.05, 0.1) is 0 Å². The van der Waals surface area contributed by atoms with Crippen LogP contribution in [0.2, 0.25) is 0 Å². The Morgan fingerprint density at radius 3 is 2.38 bits per heavy atom. The molecule has 3 heteroatoms. The summed E-state index contributed by atoms with van der Waals surface area (Å²) in [6, 6.07) is 17.3. The first-order valence-electron chi connectivity index (χ1n) is 7.29. The van der Waals surface area contributed by atoms with E-state index in [0.29, 0.717) is 0 Å². The molecule has 21 heavy (non-hydrogen) atoms. The molecule has 110 valence electrons. The van der Waals surface area contributed by atoms with Crippen molar-refractivity contribution in [3.8, 4) is 0 Å². The predicted octanol–water partition coefficient (Wildman–Crippen LogP) is 3.45. The Bertz CT molecular complexity index is 606. The molecule has 0 fully saturated rings. The van der Waals surface area contributed by atoms with Crippen LogP contribution >= 0.6 is 0 Å². The van der Waals surface area contributed by atoms with E-state index in [1.54, 1.807) is 6.92 Å². The van der Waals surface area contributed by atoms with Crippen molar-refractivity contribution < 1.29 is 4.79 Å². The number of benzene rings is 2. The summed E-state index contributed by atoms with van der Waals surface area (Å²) in [5.41, 5.74) is 7.97. The number of carbonyl (C=O) groups excluding carboxylic acids is 1. The summed E-state index contributed by atoms with van der Waals surface area (Å²) in [6.45, 7) is 3.86. The lowest BCUT2D eigenvalue weighted by atomic mass is 9.92. The van der Waals surface area contributed by atoms with E-state index < -0.39 is 5.54 Å². The number of hydrogen-bond donors (Lipinski definition) is 2. The first kappa shape index (κ1) is 15.3. The third-order valence-electron chi connectivity index (χ3n) is 3.63. The Morgan fingerprint density at radius 2 is 1.71 bits per heavy atom. The molecule has 3 N–H and O–H groups in total. The lowest BCUT2D eigenvalue weighted by Crippen LogP contribution is -2.45. The van der Waals surface area contributed by atoms with Crippen LogP contribution in [0.3, 0.4) is 0 Å². The maximum absolute atomic E-state index is 12.6. The molecule has 0 aliphatic heterocycles. The second-order valence-electron chi connectivity index (χ2n) is 5.43. The molecule has 0 bridgehead atoms. The second kappa shape index (κ2) is 6.55. The van der Waals surface area contributed by atoms with Crippen molar-refractivity contribution in [2.24, 2.45) is 5.73 Å². The van der Waals surface area contributed by atoms with Crippen LogP contribution in [-0.4, -0.2) is 5.91 Å². The largest absolute Gasteiger partial charge is 0.324 e. The van der Waals surface area contributed by atoms with Crippen molar-refractivity contribution in [1.82, 2.24) is 0 Å². The lowest BCUT2D eigenvalue weighted by molar-refractivity contribution is -0.120. The van der Waals surface area contributed by atoms with E-state index in [4.69, 9.17) is 5.73 Å². The number of hydrogen-bond acceptors (Lipinski definition) is 2. The van der Waals surface area contributed by atoms with Gasteiger partial charge in [-0.25, -0.2) is 0 Å². The van der Waals surface area contributed by atoms with Gasteiger partial charge in [0.1, 0.15) is 5.54 Å². The van der Waals surface area contributed by atoms with E-state index in [0.717, 1.165) is 29.7 Å². The summed E-state index contributed by atoms with van der Waals surface area (Å²) in [5.74, 6) is -0.197. The molecule has 1 unspecified atom stereocenters. The van der Waals surface area contributed by atoms with Gasteiger partial charge in [0.15, 0.2) is 0 Å². The van der Waals surface area contributed by atoms with Gasteiger partial charge in [0, 0.05) is 5.69 Å². The summed E-state index contributed by atoms with van der Waals surface area (Å²) in [4.78, 5) is 12.6. The zero-order valence-electron chi connectivity index (χ0n) is 12.6. The summed E-state index contributed by atoms with van der Waals surface area (Å²) in [6.07, 6.45) is 1.97. The molecular formula is C18H22N2O. The molecule has 2 aromatic rings. The minimum atomic E-state index is -1.05. The first-order valence-corrected chi connectivity index (χ1v) is 7.29. The standard InChI is InChI=1S/C18H22N2O/c1-3-9-14-10-7-8-13-16(14)20-17(21)18(2,19)15-11-5-4-6-12-15/h4-8,10-13H,3,9,19H2,1-2H3,(H,20,21). The molecule has 0 spiro atoms. The van der Waals surface area contributed by atoms with Gasteiger partial charge in [-0.1, -0.05) is 61.9 Å². The molecule has 0 radical (unpaired) electrons. The smallest absolute Gasteiger partial charge is 0.248 e. The van der Waals surface area contributed by atoms with Crippen LogP contribution in [-0.2, 0) is 16.8 Å². The van der Waals surface area contributed by atoms with Gasteiger partial charge in [-0.3, -0.25) is 4.79 Å². The molecule has 2 aromatic carbocycles. The van der Waals surface area contributed by atoms with Gasteiger partial charge in [-0.2, -0.15) is 0 Å². The Labute approximate surface area is 126 Å². The number of nitrogens with one attached hydrogen (secondary N) is 1. The van der Waals surface area contributed by atoms with Crippen LogP contribution < -0.4 is 11.1 Å².